The molecule has 1 N–H and O–H groups in total. The zero-order valence-electron chi connectivity index (χ0n) is 16.2. The van der Waals surface area contributed by atoms with Crippen LogP contribution in [-0.4, -0.2) is 75.7 Å². The molecule has 7 unspecified atom stereocenters. The summed E-state index contributed by atoms with van der Waals surface area (Å²) < 4.78 is 43.8. The van der Waals surface area contributed by atoms with Crippen LogP contribution < -0.4 is 4.72 Å². The number of ether oxygens (including phenoxy) is 3. The number of rotatable bonds is 6. The number of piperidine rings is 1. The fourth-order valence-corrected chi connectivity index (χ4v) is 7.68. The van der Waals surface area contributed by atoms with Gasteiger partial charge in [-0.25, -0.2) is 13.1 Å². The highest BCUT2D eigenvalue weighted by atomic mass is 32.2. The zero-order valence-corrected chi connectivity index (χ0v) is 17.0. The van der Waals surface area contributed by atoms with Gasteiger partial charge < -0.3 is 14.2 Å². The van der Waals surface area contributed by atoms with Crippen LogP contribution in [0.4, 0.5) is 0 Å². The molecule has 4 aliphatic rings. The molecule has 2 bridgehead atoms. The Balaban J connectivity index is 1.48. The van der Waals surface area contributed by atoms with Crippen LogP contribution in [0.5, 0.6) is 0 Å². The first-order valence-corrected chi connectivity index (χ1v) is 11.5. The van der Waals surface area contributed by atoms with E-state index in [1.54, 1.807) is 6.92 Å². The number of sulfonamides is 1. The summed E-state index contributed by atoms with van der Waals surface area (Å²) in [6.07, 6.45) is 2.44. The maximum atomic E-state index is 12.7. The van der Waals surface area contributed by atoms with Gasteiger partial charge in [0.15, 0.2) is 6.29 Å². The maximum absolute atomic E-state index is 12.7. The minimum Gasteiger partial charge on any atom is -0.459 e. The van der Waals surface area contributed by atoms with E-state index in [1.165, 1.54) is 13.5 Å². The summed E-state index contributed by atoms with van der Waals surface area (Å²) in [5, 5.41) is -0.823. The van der Waals surface area contributed by atoms with Crippen molar-refractivity contribution in [3.63, 3.8) is 0 Å². The number of likely N-dealkylation sites (tertiary alicyclic amines) is 1. The topological polar surface area (TPSA) is 111 Å². The summed E-state index contributed by atoms with van der Waals surface area (Å²) in [6, 6.07) is -0.450. The van der Waals surface area contributed by atoms with Gasteiger partial charge in [0.05, 0.1) is 23.8 Å². The average molecular weight is 416 g/mol. The second-order valence-corrected chi connectivity index (χ2v) is 10.1. The molecule has 2 saturated heterocycles. The highest BCUT2D eigenvalue weighted by molar-refractivity contribution is 7.90. The molecule has 158 valence electrons. The van der Waals surface area contributed by atoms with Crippen LogP contribution in [0.1, 0.15) is 32.6 Å². The van der Waals surface area contributed by atoms with Gasteiger partial charge in [0, 0.05) is 13.0 Å². The van der Waals surface area contributed by atoms with Gasteiger partial charge in [-0.3, -0.25) is 14.5 Å². The predicted molar refractivity (Wildman–Crippen MR) is 97.5 cm³/mol. The molecule has 2 aliphatic heterocycles. The van der Waals surface area contributed by atoms with E-state index < -0.39 is 45.6 Å². The first kappa shape index (κ1) is 20.1. The second kappa shape index (κ2) is 7.55. The van der Waals surface area contributed by atoms with E-state index in [4.69, 9.17) is 14.2 Å². The van der Waals surface area contributed by atoms with E-state index in [9.17, 15) is 18.0 Å². The first-order valence-electron chi connectivity index (χ1n) is 9.98. The molecule has 2 heterocycles. The van der Waals surface area contributed by atoms with Crippen LogP contribution in [-0.2, 0) is 33.8 Å². The third kappa shape index (κ3) is 3.44. The quantitative estimate of drug-likeness (QED) is 0.470. The van der Waals surface area contributed by atoms with E-state index in [1.807, 2.05) is 0 Å². The molecule has 0 spiro atoms. The van der Waals surface area contributed by atoms with Crippen LogP contribution >= 0.6 is 0 Å². The van der Waals surface area contributed by atoms with Crippen molar-refractivity contribution in [3.05, 3.63) is 0 Å². The number of fused-ring (bicyclic) bond motifs is 1. The van der Waals surface area contributed by atoms with Crippen LogP contribution in [0, 0.1) is 17.8 Å². The second-order valence-electron chi connectivity index (χ2n) is 8.27. The van der Waals surface area contributed by atoms with Crippen LogP contribution in [0.3, 0.4) is 0 Å². The third-order valence-electron chi connectivity index (χ3n) is 6.63. The van der Waals surface area contributed by atoms with Crippen molar-refractivity contribution in [3.8, 4) is 0 Å². The molecule has 0 radical (unpaired) electrons. The Morgan fingerprint density at radius 2 is 1.89 bits per heavy atom. The van der Waals surface area contributed by atoms with E-state index in [0.717, 1.165) is 25.9 Å². The Labute approximate surface area is 165 Å². The van der Waals surface area contributed by atoms with Crippen LogP contribution in [0.25, 0.3) is 0 Å². The largest absolute Gasteiger partial charge is 0.459 e. The molecule has 4 fully saturated rings. The van der Waals surface area contributed by atoms with Crippen molar-refractivity contribution in [1.82, 2.24) is 9.62 Å². The van der Waals surface area contributed by atoms with Crippen LogP contribution in [0.2, 0.25) is 0 Å². The maximum Gasteiger partial charge on any atom is 0.320 e. The molecular formula is C18H28N2O7S. The van der Waals surface area contributed by atoms with Gasteiger partial charge in [0.25, 0.3) is 0 Å². The number of esters is 2. The Hall–Kier alpha value is -1.23. The molecule has 28 heavy (non-hydrogen) atoms. The summed E-state index contributed by atoms with van der Waals surface area (Å²) >= 11 is 0. The van der Waals surface area contributed by atoms with Gasteiger partial charge >= 0.3 is 11.9 Å². The molecule has 0 aromatic heterocycles. The number of carbonyl (C=O) groups excluding carboxylic acids is 2. The summed E-state index contributed by atoms with van der Waals surface area (Å²) in [5.74, 6) is -2.40. The van der Waals surface area contributed by atoms with E-state index >= 15 is 0 Å². The molecule has 10 heteroatoms. The normalized spacial score (nSPS) is 39.6. The third-order valence-corrected chi connectivity index (χ3v) is 8.59. The lowest BCUT2D eigenvalue weighted by Gasteiger charge is -2.32. The average Bonchev–Trinajstić information content (AvgIpc) is 3.25. The Bertz CT molecular complexity index is 736. The summed E-state index contributed by atoms with van der Waals surface area (Å²) in [6.45, 7) is 3.51. The molecular weight excluding hydrogens is 388 g/mol. The smallest absolute Gasteiger partial charge is 0.320 e. The molecule has 9 nitrogen and oxygen atoms in total. The van der Waals surface area contributed by atoms with Crippen molar-refractivity contribution in [1.29, 1.82) is 0 Å². The molecule has 0 aromatic rings. The number of methoxy groups -OCH3 is 1. The van der Waals surface area contributed by atoms with Crippen LogP contribution in [0.15, 0.2) is 0 Å². The number of carbonyl (C=O) groups is 2. The van der Waals surface area contributed by atoms with Gasteiger partial charge in [-0.15, -0.1) is 0 Å². The molecule has 0 amide bonds. The first-order chi connectivity index (χ1) is 13.3. The van der Waals surface area contributed by atoms with Gasteiger partial charge in [-0.2, -0.15) is 0 Å². The lowest BCUT2D eigenvalue weighted by Crippen LogP contribution is -2.48. The fraction of sp³-hybridized carbons (Fsp3) is 0.889. The summed E-state index contributed by atoms with van der Waals surface area (Å²) in [4.78, 5) is 27.3. The molecule has 7 atom stereocenters. The number of nitrogens with zero attached hydrogens (tertiary/aromatic N) is 1. The highest BCUT2D eigenvalue weighted by Crippen LogP contribution is 2.56. The van der Waals surface area contributed by atoms with Gasteiger partial charge in [-0.1, -0.05) is 6.42 Å². The molecule has 4 rings (SSSR count). The predicted octanol–water partition coefficient (Wildman–Crippen LogP) is -0.144. The number of nitrogens with one attached hydrogen (secondary N) is 1. The van der Waals surface area contributed by atoms with Gasteiger partial charge in [-0.05, 0) is 45.2 Å². The van der Waals surface area contributed by atoms with E-state index in [-0.39, 0.29) is 24.3 Å². The van der Waals surface area contributed by atoms with Crippen molar-refractivity contribution in [2.24, 2.45) is 17.8 Å². The standard InChI is InChI=1S/C18H28N2O7S/c1-10(25-2)26-18(22)14-11-8-12-15(19-28(23,24)17(12)14)16(11)27-13(21)9-20-6-4-3-5-7-20/h10-12,14-17,19H,3-9H2,1-2H3. The molecule has 0 aromatic carbocycles. The van der Waals surface area contributed by atoms with Gasteiger partial charge in [0.1, 0.15) is 6.10 Å². The lowest BCUT2D eigenvalue weighted by atomic mass is 9.83. The Morgan fingerprint density at radius 1 is 1.18 bits per heavy atom. The summed E-state index contributed by atoms with van der Waals surface area (Å²) in [7, 11) is -2.25. The van der Waals surface area contributed by atoms with Crippen molar-refractivity contribution in [2.75, 3.05) is 26.7 Å². The monoisotopic (exact) mass is 416 g/mol. The minimum atomic E-state index is -3.66. The number of hydrogen-bond acceptors (Lipinski definition) is 8. The molecule has 2 aliphatic carbocycles. The van der Waals surface area contributed by atoms with E-state index in [0.29, 0.717) is 6.42 Å². The summed E-state index contributed by atoms with van der Waals surface area (Å²) in [5.41, 5.74) is 0. The molecule has 2 saturated carbocycles. The van der Waals surface area contributed by atoms with E-state index in [2.05, 4.69) is 9.62 Å². The SMILES string of the molecule is COC(C)OC(=O)C1C2CC3C(NS(=O)(=O)C31)C2OC(=O)CN1CCCCC1. The van der Waals surface area contributed by atoms with Crippen molar-refractivity contribution < 1.29 is 32.2 Å². The van der Waals surface area contributed by atoms with Gasteiger partial charge in [0.2, 0.25) is 10.0 Å². The highest BCUT2D eigenvalue weighted by Gasteiger charge is 2.70. The lowest BCUT2D eigenvalue weighted by molar-refractivity contribution is -0.180. The Kier molecular flexibility index (Phi) is 5.41. The fourth-order valence-electron chi connectivity index (χ4n) is 5.40. The zero-order chi connectivity index (χ0) is 20.1. The van der Waals surface area contributed by atoms with Crippen molar-refractivity contribution in [2.45, 2.75) is 56.3 Å². The Morgan fingerprint density at radius 3 is 2.57 bits per heavy atom. The number of hydrogen-bond donors (Lipinski definition) is 1. The van der Waals surface area contributed by atoms with Crippen molar-refractivity contribution >= 4 is 22.0 Å². The minimum absolute atomic E-state index is 0.201.